The number of aromatic nitrogens is 1. The van der Waals surface area contributed by atoms with Gasteiger partial charge in [-0.15, -0.1) is 0 Å². The summed E-state index contributed by atoms with van der Waals surface area (Å²) in [4.78, 5) is 43.0. The van der Waals surface area contributed by atoms with Gasteiger partial charge in [-0.3, -0.25) is 14.6 Å². The van der Waals surface area contributed by atoms with Crippen molar-refractivity contribution in [2.45, 2.75) is 99.8 Å². The number of aromatic amines is 1. The molecule has 3 saturated heterocycles. The van der Waals surface area contributed by atoms with Gasteiger partial charge in [0.25, 0.3) is 0 Å². The fraction of sp³-hybridized carbons (Fsp3) is 0.608. The Morgan fingerprint density at radius 2 is 1.76 bits per heavy atom. The molecule has 10 rings (SSSR count). The highest BCUT2D eigenvalue weighted by atomic mass is 16.5. The second kappa shape index (κ2) is 15.7. The molecule has 2 bridgehead atoms. The van der Waals surface area contributed by atoms with Crippen LogP contribution in [0.3, 0.4) is 0 Å². The van der Waals surface area contributed by atoms with Gasteiger partial charge >= 0.3 is 11.9 Å². The number of benzene rings is 2. The monoisotopic (exact) mass is 859 g/mol. The Hall–Kier alpha value is -4.38. The van der Waals surface area contributed by atoms with Gasteiger partial charge in [0, 0.05) is 89.6 Å². The van der Waals surface area contributed by atoms with E-state index in [1.54, 1.807) is 7.11 Å². The van der Waals surface area contributed by atoms with Crippen LogP contribution < -0.4 is 9.64 Å². The first-order valence-electron chi connectivity index (χ1n) is 23.5. The van der Waals surface area contributed by atoms with E-state index < -0.39 is 40.0 Å². The summed E-state index contributed by atoms with van der Waals surface area (Å²) in [7, 11) is 6.33. The molecule has 0 amide bonds. The predicted molar refractivity (Wildman–Crippen MR) is 242 cm³/mol. The molecule has 1 spiro atoms. The molecule has 12 nitrogen and oxygen atoms in total. The van der Waals surface area contributed by atoms with Crippen LogP contribution in [0.4, 0.5) is 5.69 Å². The number of H-pyrrole nitrogens is 1. The number of piperidine rings is 1. The largest absolute Gasteiger partial charge is 0.496 e. The molecular formula is C51H65N5O7. The number of carbonyl (C=O) groups is 2. The first kappa shape index (κ1) is 42.6. The number of likely N-dealkylation sites (tertiary alicyclic amines) is 1. The number of carbonyl (C=O) groups excluding carboxylic acids is 2. The number of hydrogen-bond acceptors (Lipinski definition) is 11. The zero-order chi connectivity index (χ0) is 44.1. The first-order chi connectivity index (χ1) is 30.4. The van der Waals surface area contributed by atoms with Gasteiger partial charge in [0.1, 0.15) is 17.3 Å². The molecule has 6 aliphatic heterocycles. The highest BCUT2D eigenvalue weighted by Crippen LogP contribution is 2.67. The minimum absolute atomic E-state index is 0.172. The Morgan fingerprint density at radius 3 is 2.49 bits per heavy atom. The van der Waals surface area contributed by atoms with Crippen LogP contribution >= 0.6 is 0 Å². The summed E-state index contributed by atoms with van der Waals surface area (Å²) in [5, 5.41) is 26.6. The van der Waals surface area contributed by atoms with Crippen LogP contribution in [-0.4, -0.2) is 146 Å². The maximum atomic E-state index is 15.5. The number of aliphatic hydroxyl groups is 2. The van der Waals surface area contributed by atoms with Crippen molar-refractivity contribution in [3.05, 3.63) is 70.4 Å². The summed E-state index contributed by atoms with van der Waals surface area (Å²) in [6, 6.07) is 9.45. The van der Waals surface area contributed by atoms with Crippen LogP contribution in [0.1, 0.15) is 86.7 Å². The minimum atomic E-state index is -2.28. The number of rotatable bonds is 7. The third kappa shape index (κ3) is 5.91. The number of likely N-dealkylation sites (N-methyl/N-ethyl adjacent to an activating group) is 1. The molecule has 7 heterocycles. The van der Waals surface area contributed by atoms with E-state index in [1.807, 2.05) is 31.0 Å². The van der Waals surface area contributed by atoms with Gasteiger partial charge in [0.05, 0.1) is 33.9 Å². The van der Waals surface area contributed by atoms with E-state index in [0.717, 1.165) is 97.5 Å². The Labute approximate surface area is 371 Å². The van der Waals surface area contributed by atoms with Gasteiger partial charge in [0.2, 0.25) is 5.60 Å². The summed E-state index contributed by atoms with van der Waals surface area (Å²) in [5.41, 5.74) is 0.848. The highest BCUT2D eigenvalue weighted by molar-refractivity contribution is 5.95. The number of anilines is 1. The first-order valence-corrected chi connectivity index (χ1v) is 23.5. The quantitative estimate of drug-likeness (QED) is 0.173. The molecule has 63 heavy (non-hydrogen) atoms. The third-order valence-corrected chi connectivity index (χ3v) is 17.1. The van der Waals surface area contributed by atoms with Crippen LogP contribution in [0.15, 0.2) is 42.5 Å². The molecule has 3 N–H and O–H groups in total. The number of methoxy groups -OCH3 is 3. The van der Waals surface area contributed by atoms with E-state index >= 15 is 4.79 Å². The van der Waals surface area contributed by atoms with Crippen LogP contribution in [-0.2, 0) is 36.3 Å². The van der Waals surface area contributed by atoms with Gasteiger partial charge in [-0.25, -0.2) is 4.79 Å². The molecule has 336 valence electrons. The van der Waals surface area contributed by atoms with E-state index in [1.165, 1.54) is 27.1 Å². The topological polar surface area (TPSA) is 131 Å². The Kier molecular flexibility index (Phi) is 10.6. The van der Waals surface area contributed by atoms with E-state index in [9.17, 15) is 15.0 Å². The van der Waals surface area contributed by atoms with Gasteiger partial charge in [-0.1, -0.05) is 44.3 Å². The molecule has 1 saturated carbocycles. The van der Waals surface area contributed by atoms with E-state index in [-0.39, 0.29) is 17.9 Å². The summed E-state index contributed by atoms with van der Waals surface area (Å²) in [6.45, 7) is 11.4. The van der Waals surface area contributed by atoms with Crippen LogP contribution in [0.2, 0.25) is 0 Å². The molecule has 1 aromatic heterocycles. The zero-order valence-electron chi connectivity index (χ0n) is 38.0. The van der Waals surface area contributed by atoms with Crippen molar-refractivity contribution in [3.8, 4) is 17.6 Å². The maximum Gasteiger partial charge on any atom is 0.342 e. The third-order valence-electron chi connectivity index (χ3n) is 17.1. The fourth-order valence-electron chi connectivity index (χ4n) is 14.5. The molecule has 3 aromatic rings. The average molecular weight is 860 g/mol. The lowest BCUT2D eigenvalue weighted by molar-refractivity contribution is -0.218. The summed E-state index contributed by atoms with van der Waals surface area (Å²) in [5.74, 6) is 6.90. The van der Waals surface area contributed by atoms with Crippen molar-refractivity contribution in [3.63, 3.8) is 0 Å². The molecule has 5 unspecified atom stereocenters. The Bertz CT molecular complexity index is 2410. The highest BCUT2D eigenvalue weighted by Gasteiger charge is 2.79. The molecule has 7 aliphatic rings. The van der Waals surface area contributed by atoms with Crippen molar-refractivity contribution < 1.29 is 34.0 Å². The summed E-state index contributed by atoms with van der Waals surface area (Å²) in [6.07, 6.45) is 9.53. The van der Waals surface area contributed by atoms with Crippen molar-refractivity contribution >= 4 is 28.5 Å². The molecule has 1 aliphatic carbocycles. The lowest BCUT2D eigenvalue weighted by atomic mass is 9.47. The van der Waals surface area contributed by atoms with Gasteiger partial charge in [-0.05, 0) is 112 Å². The number of aliphatic hydroxyl groups excluding tert-OH is 1. The lowest BCUT2D eigenvalue weighted by Gasteiger charge is -2.63. The smallest absolute Gasteiger partial charge is 0.342 e. The maximum absolute atomic E-state index is 15.5. The van der Waals surface area contributed by atoms with E-state index in [0.29, 0.717) is 49.6 Å². The van der Waals surface area contributed by atoms with Crippen LogP contribution in [0, 0.1) is 29.1 Å². The standard InChI is InChI=1S/C51H65N5O7/c1-7-32-25-34-29-50(46(58)62-5,42-35(16-23-55(30-32)31-34)36-26-33(14-15-39(36)52-42)13-11-21-54-19-9-10-20-54)38-27-37-40(28-41(38)61-4)53(3)44-49(37)18-24-56-22-12-17-48(8-2,43(49)56)45(57)51(44,60)47(59)63-6/h12,14-15,17,26-28,32,34,43-45,52,57,60H,7-10,16,18-25,29-31H2,1-6H3/t32?,34?,43?,44?,45-,48-,49-,50+,51+/m1/s1. The number of hydrogen-bond donors (Lipinski definition) is 3. The van der Waals surface area contributed by atoms with E-state index in [2.05, 4.69) is 68.8 Å². The van der Waals surface area contributed by atoms with Crippen LogP contribution in [0.5, 0.6) is 5.75 Å². The van der Waals surface area contributed by atoms with Crippen molar-refractivity contribution in [2.75, 3.05) is 85.6 Å². The van der Waals surface area contributed by atoms with Crippen molar-refractivity contribution in [2.24, 2.45) is 17.3 Å². The number of fused-ring (bicyclic) bond motifs is 6. The predicted octanol–water partition coefficient (Wildman–Crippen LogP) is 4.75. The lowest BCUT2D eigenvalue weighted by Crippen LogP contribution is -2.80. The number of ether oxygens (including phenoxy) is 3. The second-order valence-corrected chi connectivity index (χ2v) is 19.9. The van der Waals surface area contributed by atoms with Gasteiger partial charge < -0.3 is 39.2 Å². The van der Waals surface area contributed by atoms with Crippen LogP contribution in [0.25, 0.3) is 10.9 Å². The van der Waals surface area contributed by atoms with Crippen molar-refractivity contribution in [1.29, 1.82) is 0 Å². The molecule has 4 fully saturated rings. The number of esters is 2. The molecule has 10 atom stereocenters. The molecule has 0 radical (unpaired) electrons. The zero-order valence-corrected chi connectivity index (χ0v) is 38.0. The fourth-order valence-corrected chi connectivity index (χ4v) is 14.5. The number of nitrogens with one attached hydrogen (secondary N) is 1. The SMILES string of the molecule is CCC1CC2CN(CCc3c([nH]c4ccc(C#CCN5CCCC5)cc34)[C@@](C(=O)OC)(c3cc4c(cc3OC)N(C)C3[C@]45CCN4CC=C[C@](CC)(C45)[C@@H](O)[C@]3(O)C(=O)OC)C2)C1. The summed E-state index contributed by atoms with van der Waals surface area (Å²) < 4.78 is 17.9. The Balaban J connectivity index is 1.23. The minimum Gasteiger partial charge on any atom is -0.496 e. The van der Waals surface area contributed by atoms with Gasteiger partial charge in [0.15, 0.2) is 0 Å². The number of nitrogens with zero attached hydrogens (tertiary/aromatic N) is 4. The second-order valence-electron chi connectivity index (χ2n) is 19.9. The summed E-state index contributed by atoms with van der Waals surface area (Å²) >= 11 is 0. The Morgan fingerprint density at radius 1 is 0.968 bits per heavy atom. The average Bonchev–Trinajstić information content (AvgIpc) is 4.11. The van der Waals surface area contributed by atoms with E-state index in [4.69, 9.17) is 14.2 Å². The molecular weight excluding hydrogens is 795 g/mol. The van der Waals surface area contributed by atoms with Crippen molar-refractivity contribution in [1.82, 2.24) is 19.7 Å². The normalized spacial score (nSPS) is 35.7. The molecule has 2 aromatic carbocycles. The van der Waals surface area contributed by atoms with Gasteiger partial charge in [-0.2, -0.15) is 0 Å². The molecule has 12 heteroatoms.